The van der Waals surface area contributed by atoms with Crippen LogP contribution in [0.4, 0.5) is 0 Å². The van der Waals surface area contributed by atoms with Crippen LogP contribution in [0.5, 0.6) is 5.75 Å². The van der Waals surface area contributed by atoms with Crippen molar-refractivity contribution in [2.75, 3.05) is 13.2 Å². The molecule has 4 rings (SSSR count). The molecule has 1 fully saturated rings. The molecule has 1 saturated heterocycles. The third-order valence-electron chi connectivity index (χ3n) is 3.60. The van der Waals surface area contributed by atoms with Gasteiger partial charge in [0.25, 0.3) is 5.91 Å². The molecule has 1 amide bonds. The molecule has 124 valence electrons. The molecule has 0 N–H and O–H groups in total. The highest BCUT2D eigenvalue weighted by molar-refractivity contribution is 7.18. The Labute approximate surface area is 141 Å². The average molecular weight is 345 g/mol. The molecule has 0 bridgehead atoms. The molecule has 1 aliphatic rings. The standard InChI is InChI=1S/C16H15N3O4S/c1-10-17-13-7-11(3-4-15(13)24-10)21-9-12-8-14(18-23-12)16(20)19-5-2-6-22-19/h3-4,7-8H,2,5-6,9H2,1H3. The van der Waals surface area contributed by atoms with Crippen LogP contribution in [0.2, 0.25) is 0 Å². The maximum Gasteiger partial charge on any atom is 0.299 e. The van der Waals surface area contributed by atoms with Gasteiger partial charge in [-0.25, -0.2) is 10.0 Å². The number of aryl methyl sites for hydroxylation is 1. The van der Waals surface area contributed by atoms with Crippen LogP contribution in [0.25, 0.3) is 10.2 Å². The average Bonchev–Trinajstić information content (AvgIpc) is 3.31. The van der Waals surface area contributed by atoms with E-state index in [1.54, 1.807) is 17.4 Å². The topological polar surface area (TPSA) is 77.7 Å². The number of hydroxylamine groups is 2. The van der Waals surface area contributed by atoms with Gasteiger partial charge in [0.05, 0.1) is 28.4 Å². The van der Waals surface area contributed by atoms with E-state index in [-0.39, 0.29) is 18.2 Å². The smallest absolute Gasteiger partial charge is 0.299 e. The molecular weight excluding hydrogens is 330 g/mol. The third-order valence-corrected chi connectivity index (χ3v) is 4.56. The van der Waals surface area contributed by atoms with Crippen LogP contribution >= 0.6 is 11.3 Å². The van der Waals surface area contributed by atoms with Gasteiger partial charge >= 0.3 is 0 Å². The lowest BCUT2D eigenvalue weighted by atomic mass is 10.3. The van der Waals surface area contributed by atoms with Gasteiger partial charge in [0.2, 0.25) is 0 Å². The minimum absolute atomic E-state index is 0.190. The van der Waals surface area contributed by atoms with Crippen LogP contribution < -0.4 is 4.74 Å². The van der Waals surface area contributed by atoms with Crippen molar-refractivity contribution in [2.45, 2.75) is 20.0 Å². The molecular formula is C16H15N3O4S. The van der Waals surface area contributed by atoms with Gasteiger partial charge in [-0.3, -0.25) is 9.63 Å². The largest absolute Gasteiger partial charge is 0.485 e. The predicted octanol–water partition coefficient (Wildman–Crippen LogP) is 2.95. The summed E-state index contributed by atoms with van der Waals surface area (Å²) < 4.78 is 12.0. The summed E-state index contributed by atoms with van der Waals surface area (Å²) in [5.41, 5.74) is 1.13. The second-order valence-electron chi connectivity index (χ2n) is 5.42. The molecule has 0 spiro atoms. The monoisotopic (exact) mass is 345 g/mol. The number of rotatable bonds is 4. The second kappa shape index (κ2) is 6.21. The number of fused-ring (bicyclic) bond motifs is 1. The summed E-state index contributed by atoms with van der Waals surface area (Å²) in [5.74, 6) is 0.883. The molecule has 0 saturated carbocycles. The fourth-order valence-corrected chi connectivity index (χ4v) is 3.29. The Balaban J connectivity index is 1.42. The molecule has 1 aliphatic heterocycles. The van der Waals surface area contributed by atoms with Crippen molar-refractivity contribution in [3.8, 4) is 5.75 Å². The Hall–Kier alpha value is -2.45. The van der Waals surface area contributed by atoms with E-state index in [4.69, 9.17) is 14.1 Å². The number of ether oxygens (including phenoxy) is 1. The van der Waals surface area contributed by atoms with E-state index in [1.165, 1.54) is 5.06 Å². The Bertz CT molecular complexity index is 882. The van der Waals surface area contributed by atoms with E-state index in [0.29, 0.717) is 24.7 Å². The number of aromatic nitrogens is 2. The molecule has 7 nitrogen and oxygen atoms in total. The van der Waals surface area contributed by atoms with E-state index in [9.17, 15) is 4.79 Å². The number of benzene rings is 1. The lowest BCUT2D eigenvalue weighted by Crippen LogP contribution is -2.26. The number of carbonyl (C=O) groups is 1. The zero-order valence-corrected chi connectivity index (χ0v) is 13.8. The normalized spacial score (nSPS) is 14.5. The van der Waals surface area contributed by atoms with Crippen molar-refractivity contribution >= 4 is 27.5 Å². The van der Waals surface area contributed by atoms with Crippen LogP contribution in [-0.4, -0.2) is 34.3 Å². The van der Waals surface area contributed by atoms with Gasteiger partial charge in [-0.2, -0.15) is 0 Å². The number of nitrogens with zero attached hydrogens (tertiary/aromatic N) is 3. The molecule has 0 radical (unpaired) electrons. The van der Waals surface area contributed by atoms with E-state index < -0.39 is 0 Å². The van der Waals surface area contributed by atoms with E-state index in [1.807, 2.05) is 25.1 Å². The van der Waals surface area contributed by atoms with Crippen LogP contribution in [0, 0.1) is 6.92 Å². The molecule has 3 aromatic rings. The Morgan fingerprint density at radius 2 is 2.33 bits per heavy atom. The summed E-state index contributed by atoms with van der Waals surface area (Å²) in [5, 5.41) is 6.11. The highest BCUT2D eigenvalue weighted by Crippen LogP contribution is 2.26. The summed E-state index contributed by atoms with van der Waals surface area (Å²) in [6, 6.07) is 7.34. The lowest BCUT2D eigenvalue weighted by molar-refractivity contribution is -0.0773. The first-order chi connectivity index (χ1) is 11.7. The van der Waals surface area contributed by atoms with E-state index >= 15 is 0 Å². The maximum atomic E-state index is 12.1. The quantitative estimate of drug-likeness (QED) is 0.723. The van der Waals surface area contributed by atoms with Crippen LogP contribution in [0.15, 0.2) is 28.8 Å². The van der Waals surface area contributed by atoms with Gasteiger partial charge in [-0.05, 0) is 25.5 Å². The Morgan fingerprint density at radius 3 is 3.17 bits per heavy atom. The molecule has 0 unspecified atom stereocenters. The highest BCUT2D eigenvalue weighted by Gasteiger charge is 2.24. The lowest BCUT2D eigenvalue weighted by Gasteiger charge is -2.10. The van der Waals surface area contributed by atoms with Gasteiger partial charge in [0.15, 0.2) is 11.5 Å². The first-order valence-electron chi connectivity index (χ1n) is 7.59. The number of hydrogen-bond acceptors (Lipinski definition) is 7. The van der Waals surface area contributed by atoms with Gasteiger partial charge in [0, 0.05) is 12.1 Å². The van der Waals surface area contributed by atoms with Crippen LogP contribution in [-0.2, 0) is 11.4 Å². The van der Waals surface area contributed by atoms with Crippen molar-refractivity contribution in [3.05, 3.63) is 40.7 Å². The van der Waals surface area contributed by atoms with E-state index in [2.05, 4.69) is 10.1 Å². The molecule has 0 aliphatic carbocycles. The van der Waals surface area contributed by atoms with Crippen molar-refractivity contribution in [2.24, 2.45) is 0 Å². The summed E-state index contributed by atoms with van der Waals surface area (Å²) in [7, 11) is 0. The second-order valence-corrected chi connectivity index (χ2v) is 6.66. The van der Waals surface area contributed by atoms with Crippen molar-refractivity contribution < 1.29 is 18.9 Å². The summed E-state index contributed by atoms with van der Waals surface area (Å²) >= 11 is 1.64. The van der Waals surface area contributed by atoms with Crippen molar-refractivity contribution in [3.63, 3.8) is 0 Å². The number of hydrogen-bond donors (Lipinski definition) is 0. The minimum atomic E-state index is -0.290. The number of amides is 1. The van der Waals surface area contributed by atoms with Gasteiger partial charge in [-0.1, -0.05) is 5.16 Å². The molecule has 8 heteroatoms. The predicted molar refractivity (Wildman–Crippen MR) is 86.8 cm³/mol. The van der Waals surface area contributed by atoms with Gasteiger partial charge in [-0.15, -0.1) is 11.3 Å². The zero-order chi connectivity index (χ0) is 16.5. The Morgan fingerprint density at radius 1 is 1.42 bits per heavy atom. The maximum absolute atomic E-state index is 12.1. The summed E-state index contributed by atoms with van der Waals surface area (Å²) in [4.78, 5) is 21.8. The van der Waals surface area contributed by atoms with Gasteiger partial charge in [0.1, 0.15) is 12.4 Å². The molecule has 3 heterocycles. The first kappa shape index (κ1) is 15.1. The molecule has 0 atom stereocenters. The summed E-state index contributed by atoms with van der Waals surface area (Å²) in [6.45, 7) is 3.29. The fourth-order valence-electron chi connectivity index (χ4n) is 2.48. The molecule has 2 aromatic heterocycles. The third kappa shape index (κ3) is 2.98. The Kier molecular flexibility index (Phi) is 3.91. The SMILES string of the molecule is Cc1nc2cc(OCc3cc(C(=O)N4CCCO4)no3)ccc2s1. The van der Waals surface area contributed by atoms with Crippen LogP contribution in [0.3, 0.4) is 0 Å². The van der Waals surface area contributed by atoms with Crippen molar-refractivity contribution in [1.82, 2.24) is 15.2 Å². The first-order valence-corrected chi connectivity index (χ1v) is 8.41. The number of carbonyl (C=O) groups excluding carboxylic acids is 1. The molecule has 1 aromatic carbocycles. The minimum Gasteiger partial charge on any atom is -0.485 e. The van der Waals surface area contributed by atoms with E-state index in [0.717, 1.165) is 21.6 Å². The zero-order valence-electron chi connectivity index (χ0n) is 13.0. The van der Waals surface area contributed by atoms with Crippen molar-refractivity contribution in [1.29, 1.82) is 0 Å². The van der Waals surface area contributed by atoms with Crippen LogP contribution in [0.1, 0.15) is 27.7 Å². The number of thiazole rings is 1. The molecule has 24 heavy (non-hydrogen) atoms. The fraction of sp³-hybridized carbons (Fsp3) is 0.312. The summed E-state index contributed by atoms with van der Waals surface area (Å²) in [6.07, 6.45) is 0.831. The highest BCUT2D eigenvalue weighted by atomic mass is 32.1. The van der Waals surface area contributed by atoms with Gasteiger partial charge < -0.3 is 9.26 Å².